The van der Waals surface area contributed by atoms with Gasteiger partial charge >= 0.3 is 5.97 Å². The predicted molar refractivity (Wildman–Crippen MR) is 122 cm³/mol. The van der Waals surface area contributed by atoms with E-state index < -0.39 is 5.97 Å². The number of rotatable bonds is 8. The van der Waals surface area contributed by atoms with E-state index in [1.165, 1.54) is 12.1 Å². The number of nitrogens with one attached hydrogen (secondary N) is 1. The second-order valence-corrected chi connectivity index (χ2v) is 8.03. The van der Waals surface area contributed by atoms with Gasteiger partial charge in [-0.1, -0.05) is 51.3 Å². The first kappa shape index (κ1) is 22.3. The SMILES string of the molecule is COc1ccc(Br)c(CNc2cc(C(=O)O)ccc2Cl)c1OCc1cccc(Cl)c1. The van der Waals surface area contributed by atoms with Crippen molar-refractivity contribution in [2.75, 3.05) is 12.4 Å². The monoisotopic (exact) mass is 509 g/mol. The van der Waals surface area contributed by atoms with Gasteiger partial charge in [-0.3, -0.25) is 0 Å². The summed E-state index contributed by atoms with van der Waals surface area (Å²) in [5.74, 6) is 0.107. The van der Waals surface area contributed by atoms with Crippen LogP contribution in [0.5, 0.6) is 11.5 Å². The zero-order valence-electron chi connectivity index (χ0n) is 15.9. The van der Waals surface area contributed by atoms with Crippen LogP contribution in [0.15, 0.2) is 59.1 Å². The van der Waals surface area contributed by atoms with E-state index in [1.807, 2.05) is 24.3 Å². The van der Waals surface area contributed by atoms with Crippen molar-refractivity contribution in [3.8, 4) is 11.5 Å². The highest BCUT2D eigenvalue weighted by atomic mass is 79.9. The Kier molecular flexibility index (Phi) is 7.48. The normalized spacial score (nSPS) is 10.5. The number of anilines is 1. The fourth-order valence-corrected chi connectivity index (χ4v) is 3.68. The van der Waals surface area contributed by atoms with Crippen molar-refractivity contribution in [2.24, 2.45) is 0 Å². The number of carboxylic acids is 1. The lowest BCUT2D eigenvalue weighted by atomic mass is 10.1. The summed E-state index contributed by atoms with van der Waals surface area (Å²) < 4.78 is 12.4. The van der Waals surface area contributed by atoms with Crippen LogP contribution in [0.4, 0.5) is 5.69 Å². The number of ether oxygens (including phenoxy) is 2. The van der Waals surface area contributed by atoms with Crippen molar-refractivity contribution in [1.82, 2.24) is 0 Å². The summed E-state index contributed by atoms with van der Waals surface area (Å²) in [5.41, 5.74) is 2.37. The van der Waals surface area contributed by atoms with E-state index in [9.17, 15) is 9.90 Å². The lowest BCUT2D eigenvalue weighted by Gasteiger charge is -2.18. The van der Waals surface area contributed by atoms with Crippen LogP contribution in [0.1, 0.15) is 21.5 Å². The Bertz CT molecular complexity index is 1070. The molecule has 0 aromatic heterocycles. The minimum absolute atomic E-state index is 0.143. The number of hydrogen-bond donors (Lipinski definition) is 2. The Labute approximate surface area is 192 Å². The summed E-state index contributed by atoms with van der Waals surface area (Å²) >= 11 is 15.8. The van der Waals surface area contributed by atoms with E-state index in [2.05, 4.69) is 21.2 Å². The van der Waals surface area contributed by atoms with Crippen LogP contribution < -0.4 is 14.8 Å². The highest BCUT2D eigenvalue weighted by Gasteiger charge is 2.16. The van der Waals surface area contributed by atoms with Crippen LogP contribution in [-0.4, -0.2) is 18.2 Å². The first-order valence-corrected chi connectivity index (χ1v) is 10.4. The van der Waals surface area contributed by atoms with Gasteiger partial charge in [-0.25, -0.2) is 4.79 Å². The van der Waals surface area contributed by atoms with Gasteiger partial charge in [0.1, 0.15) is 6.61 Å². The average molecular weight is 511 g/mol. The molecule has 156 valence electrons. The van der Waals surface area contributed by atoms with E-state index >= 15 is 0 Å². The van der Waals surface area contributed by atoms with Gasteiger partial charge in [0.15, 0.2) is 11.5 Å². The standard InChI is InChI=1S/C22H18BrCl2NO4/c1-29-20-8-6-17(23)16(21(20)30-12-13-3-2-4-15(24)9-13)11-26-19-10-14(22(27)28)5-7-18(19)25/h2-10,26H,11-12H2,1H3,(H,27,28). The molecule has 30 heavy (non-hydrogen) atoms. The maximum Gasteiger partial charge on any atom is 0.335 e. The van der Waals surface area contributed by atoms with Crippen molar-refractivity contribution in [3.63, 3.8) is 0 Å². The number of carboxylic acid groups (broad SMARTS) is 1. The first-order valence-electron chi connectivity index (χ1n) is 8.88. The van der Waals surface area contributed by atoms with E-state index in [4.69, 9.17) is 32.7 Å². The Balaban J connectivity index is 1.87. The number of hydrogen-bond acceptors (Lipinski definition) is 4. The summed E-state index contributed by atoms with van der Waals surface area (Å²) in [7, 11) is 1.57. The van der Waals surface area contributed by atoms with Crippen molar-refractivity contribution in [2.45, 2.75) is 13.2 Å². The molecule has 0 saturated heterocycles. The second kappa shape index (κ2) is 10.1. The number of methoxy groups -OCH3 is 1. The Morgan fingerprint density at radius 1 is 1.13 bits per heavy atom. The minimum atomic E-state index is -1.03. The average Bonchev–Trinajstić information content (AvgIpc) is 2.72. The summed E-state index contributed by atoms with van der Waals surface area (Å²) in [6.45, 7) is 0.626. The van der Waals surface area contributed by atoms with Gasteiger partial charge in [0, 0.05) is 21.6 Å². The van der Waals surface area contributed by atoms with Crippen LogP contribution in [0.3, 0.4) is 0 Å². The molecule has 0 unspecified atom stereocenters. The summed E-state index contributed by atoms with van der Waals surface area (Å²) in [6.07, 6.45) is 0. The van der Waals surface area contributed by atoms with Gasteiger partial charge in [-0.05, 0) is 48.0 Å². The van der Waals surface area contributed by atoms with Crippen LogP contribution in [-0.2, 0) is 13.2 Å². The van der Waals surface area contributed by atoms with Crippen molar-refractivity contribution >= 4 is 50.8 Å². The van der Waals surface area contributed by atoms with Crippen molar-refractivity contribution < 1.29 is 19.4 Å². The number of halogens is 3. The Hall–Kier alpha value is -2.41. The van der Waals surface area contributed by atoms with Crippen LogP contribution in [0.25, 0.3) is 0 Å². The van der Waals surface area contributed by atoms with Gasteiger partial charge < -0.3 is 19.9 Å². The zero-order valence-corrected chi connectivity index (χ0v) is 19.0. The lowest BCUT2D eigenvalue weighted by Crippen LogP contribution is -2.07. The maximum absolute atomic E-state index is 11.2. The fourth-order valence-electron chi connectivity index (χ4n) is 2.83. The molecule has 0 radical (unpaired) electrons. The third-order valence-corrected chi connectivity index (χ3v) is 5.64. The van der Waals surface area contributed by atoms with E-state index in [-0.39, 0.29) is 5.56 Å². The first-order chi connectivity index (χ1) is 14.4. The molecule has 3 aromatic rings. The molecule has 0 saturated carbocycles. The predicted octanol–water partition coefficient (Wildman–Crippen LogP) is 6.65. The molecule has 0 spiro atoms. The van der Waals surface area contributed by atoms with Gasteiger partial charge in [0.05, 0.1) is 23.4 Å². The highest BCUT2D eigenvalue weighted by molar-refractivity contribution is 9.10. The van der Waals surface area contributed by atoms with Crippen LogP contribution >= 0.6 is 39.1 Å². The molecule has 0 fully saturated rings. The second-order valence-electron chi connectivity index (χ2n) is 6.33. The highest BCUT2D eigenvalue weighted by Crippen LogP contribution is 2.38. The third-order valence-electron chi connectivity index (χ3n) is 4.33. The molecule has 0 bridgehead atoms. The smallest absolute Gasteiger partial charge is 0.335 e. The molecular weight excluding hydrogens is 493 g/mol. The molecule has 0 aliphatic carbocycles. The molecule has 8 heteroatoms. The van der Waals surface area contributed by atoms with Crippen LogP contribution in [0.2, 0.25) is 10.0 Å². The maximum atomic E-state index is 11.2. The molecule has 2 N–H and O–H groups in total. The van der Waals surface area contributed by atoms with Gasteiger partial charge in [0.25, 0.3) is 0 Å². The number of carbonyl (C=O) groups is 1. The van der Waals surface area contributed by atoms with Gasteiger partial charge in [-0.2, -0.15) is 0 Å². The van der Waals surface area contributed by atoms with Gasteiger partial charge in [-0.15, -0.1) is 0 Å². The Morgan fingerprint density at radius 2 is 1.93 bits per heavy atom. The summed E-state index contributed by atoms with van der Waals surface area (Å²) in [5, 5.41) is 13.4. The van der Waals surface area contributed by atoms with Crippen LogP contribution in [0, 0.1) is 0 Å². The van der Waals surface area contributed by atoms with E-state index in [1.54, 1.807) is 25.3 Å². The molecule has 5 nitrogen and oxygen atoms in total. The molecule has 0 atom stereocenters. The van der Waals surface area contributed by atoms with Crippen molar-refractivity contribution in [1.29, 1.82) is 0 Å². The molecule has 0 aliphatic heterocycles. The lowest BCUT2D eigenvalue weighted by molar-refractivity contribution is 0.0697. The van der Waals surface area contributed by atoms with E-state index in [0.29, 0.717) is 40.4 Å². The summed E-state index contributed by atoms with van der Waals surface area (Å²) in [6, 6.07) is 15.6. The molecule has 0 heterocycles. The topological polar surface area (TPSA) is 67.8 Å². The largest absolute Gasteiger partial charge is 0.493 e. The zero-order chi connectivity index (χ0) is 21.7. The van der Waals surface area contributed by atoms with Gasteiger partial charge in [0.2, 0.25) is 0 Å². The third kappa shape index (κ3) is 5.39. The molecule has 3 rings (SSSR count). The summed E-state index contributed by atoms with van der Waals surface area (Å²) in [4.78, 5) is 11.2. The molecule has 0 aliphatic rings. The molecule has 3 aromatic carbocycles. The quantitative estimate of drug-likeness (QED) is 0.355. The Morgan fingerprint density at radius 3 is 2.63 bits per heavy atom. The van der Waals surface area contributed by atoms with Crippen molar-refractivity contribution in [3.05, 3.63) is 85.8 Å². The molecular formula is C22H18BrCl2NO4. The number of aromatic carboxylic acids is 1. The van der Waals surface area contributed by atoms with E-state index in [0.717, 1.165) is 15.6 Å². The fraction of sp³-hybridized carbons (Fsp3) is 0.136. The molecule has 0 amide bonds. The minimum Gasteiger partial charge on any atom is -0.493 e. The number of benzene rings is 3.